The molecule has 48 heavy (non-hydrogen) atoms. The molecule has 0 unspecified atom stereocenters. The summed E-state index contributed by atoms with van der Waals surface area (Å²) in [5, 5.41) is 8.74. The Balaban J connectivity index is 1.36. The lowest BCUT2D eigenvalue weighted by Gasteiger charge is -2.29. The van der Waals surface area contributed by atoms with Crippen LogP contribution >= 0.6 is 0 Å². The molecule has 4 amide bonds. The first-order valence-electron chi connectivity index (χ1n) is 15.6. The predicted molar refractivity (Wildman–Crippen MR) is 175 cm³/mol. The van der Waals surface area contributed by atoms with Gasteiger partial charge in [-0.2, -0.15) is 13.2 Å². The second-order valence-electron chi connectivity index (χ2n) is 12.5. The van der Waals surface area contributed by atoms with E-state index in [1.54, 1.807) is 12.3 Å². The van der Waals surface area contributed by atoms with Crippen LogP contribution in [0.4, 0.5) is 23.7 Å². The maximum absolute atomic E-state index is 14.1. The molecule has 1 aliphatic rings. The van der Waals surface area contributed by atoms with Crippen LogP contribution in [0.25, 0.3) is 11.1 Å². The van der Waals surface area contributed by atoms with Gasteiger partial charge in [-0.3, -0.25) is 9.59 Å². The van der Waals surface area contributed by atoms with Crippen LogP contribution < -0.4 is 26.6 Å². The number of primary amides is 1. The van der Waals surface area contributed by atoms with Crippen LogP contribution in [0.3, 0.4) is 0 Å². The number of nitrogens with two attached hydrogens (primary N) is 1. The molecule has 0 fully saturated rings. The quantitative estimate of drug-likeness (QED) is 0.155. The van der Waals surface area contributed by atoms with E-state index in [0.717, 1.165) is 34.4 Å². The normalized spacial score (nSPS) is 15.1. The van der Waals surface area contributed by atoms with Gasteiger partial charge in [0.1, 0.15) is 11.8 Å². The zero-order chi connectivity index (χ0) is 34.5. The van der Waals surface area contributed by atoms with Crippen LogP contribution in [0.1, 0.15) is 54.7 Å². The third-order valence-corrected chi connectivity index (χ3v) is 8.30. The second kappa shape index (κ2) is 14.3. The van der Waals surface area contributed by atoms with Gasteiger partial charge in [0.2, 0.25) is 11.8 Å². The first-order valence-corrected chi connectivity index (χ1v) is 15.6. The molecule has 0 spiro atoms. The maximum Gasteiger partial charge on any atom is 0.416 e. The number of amides is 4. The van der Waals surface area contributed by atoms with Crippen LogP contribution in [0.2, 0.25) is 0 Å². The zero-order valence-electron chi connectivity index (χ0n) is 26.7. The molecule has 0 saturated carbocycles. The second-order valence-corrected chi connectivity index (χ2v) is 12.5. The van der Waals surface area contributed by atoms with Gasteiger partial charge in [0.15, 0.2) is 0 Å². The molecular formula is C36H38F3N5O4. The zero-order valence-corrected chi connectivity index (χ0v) is 26.7. The number of alkyl halides is 3. The Morgan fingerprint density at radius 2 is 1.73 bits per heavy atom. The summed E-state index contributed by atoms with van der Waals surface area (Å²) >= 11 is 0. The van der Waals surface area contributed by atoms with Crippen molar-refractivity contribution in [2.45, 2.75) is 70.5 Å². The standard InChI is InChI=1S/C36H38F3N5O4/c1-35(2,42-21-28-7-5-17-48-28)19-32(45)43-30-15-13-25-18-27(36(37,38)39)14-16-31(25)44(33(30)46)22-23-9-11-24(12-10-23)29-8-4-3-6-26(29)20-41-34(40)47/h3-12,14,16-18,30,42H,13,15,19-22H2,1-2H3,(H,43,45)(H3,40,41,47)/t30-/m1/s1. The van der Waals surface area contributed by atoms with E-state index in [4.69, 9.17) is 10.2 Å². The number of fused-ring (bicyclic) bond motifs is 1. The van der Waals surface area contributed by atoms with Crippen molar-refractivity contribution in [3.63, 3.8) is 0 Å². The van der Waals surface area contributed by atoms with Gasteiger partial charge in [0.05, 0.1) is 24.9 Å². The van der Waals surface area contributed by atoms with Gasteiger partial charge in [-0.25, -0.2) is 4.79 Å². The van der Waals surface area contributed by atoms with E-state index in [1.165, 1.54) is 11.0 Å². The number of halogens is 3. The number of benzene rings is 3. The molecule has 1 aromatic heterocycles. The number of furan rings is 1. The number of carbonyl (C=O) groups excluding carboxylic acids is 3. The Morgan fingerprint density at radius 1 is 0.979 bits per heavy atom. The van der Waals surface area contributed by atoms with Gasteiger partial charge < -0.3 is 31.0 Å². The highest BCUT2D eigenvalue weighted by Gasteiger charge is 2.36. The molecule has 5 rings (SSSR count). The number of hydrogen-bond acceptors (Lipinski definition) is 5. The van der Waals surface area contributed by atoms with Crippen molar-refractivity contribution < 1.29 is 32.0 Å². The molecule has 252 valence electrons. The topological polar surface area (TPSA) is 130 Å². The van der Waals surface area contributed by atoms with Crippen molar-refractivity contribution in [1.82, 2.24) is 16.0 Å². The SMILES string of the molecule is CC(C)(CC(=O)N[C@@H]1CCc2cc(C(F)(F)F)ccc2N(Cc2ccc(-c3ccccc3CNC(N)=O)cc2)C1=O)NCc1ccco1. The van der Waals surface area contributed by atoms with Crippen LogP contribution in [-0.2, 0) is 41.8 Å². The van der Waals surface area contributed by atoms with Gasteiger partial charge in [0.25, 0.3) is 0 Å². The number of anilines is 1. The first-order chi connectivity index (χ1) is 22.8. The number of nitrogens with one attached hydrogen (secondary N) is 3. The maximum atomic E-state index is 14.1. The fourth-order valence-electron chi connectivity index (χ4n) is 5.81. The molecule has 0 saturated heterocycles. The number of rotatable bonds is 11. The van der Waals surface area contributed by atoms with Gasteiger partial charge >= 0.3 is 12.2 Å². The minimum atomic E-state index is -4.54. The molecule has 12 heteroatoms. The molecule has 2 heterocycles. The lowest BCUT2D eigenvalue weighted by Crippen LogP contribution is -2.50. The smallest absolute Gasteiger partial charge is 0.416 e. The lowest BCUT2D eigenvalue weighted by atomic mass is 9.98. The number of hydrogen-bond donors (Lipinski definition) is 4. The third-order valence-electron chi connectivity index (χ3n) is 8.30. The molecule has 5 N–H and O–H groups in total. The predicted octanol–water partition coefficient (Wildman–Crippen LogP) is 6.06. The first kappa shape index (κ1) is 34.2. The Labute approximate surface area is 276 Å². The average molecular weight is 662 g/mol. The molecule has 0 bridgehead atoms. The number of carbonyl (C=O) groups is 3. The van der Waals surface area contributed by atoms with E-state index in [-0.39, 0.29) is 38.3 Å². The Hall–Kier alpha value is -5.10. The Kier molecular flexibility index (Phi) is 10.2. The van der Waals surface area contributed by atoms with Crippen molar-refractivity contribution in [3.8, 4) is 11.1 Å². The molecule has 1 atom stereocenters. The van der Waals surface area contributed by atoms with E-state index in [1.807, 2.05) is 68.4 Å². The molecular weight excluding hydrogens is 623 g/mol. The molecule has 1 aliphatic heterocycles. The summed E-state index contributed by atoms with van der Waals surface area (Å²) in [6.45, 7) is 4.46. The largest absolute Gasteiger partial charge is 0.468 e. The van der Waals surface area contributed by atoms with Crippen molar-refractivity contribution in [3.05, 3.63) is 113 Å². The van der Waals surface area contributed by atoms with Crippen molar-refractivity contribution in [2.75, 3.05) is 4.90 Å². The lowest BCUT2D eigenvalue weighted by molar-refractivity contribution is -0.137. The van der Waals surface area contributed by atoms with Gasteiger partial charge in [-0.05, 0) is 84.8 Å². The minimum Gasteiger partial charge on any atom is -0.468 e. The highest BCUT2D eigenvalue weighted by molar-refractivity contribution is 6.00. The fourth-order valence-corrected chi connectivity index (χ4v) is 5.81. The third kappa shape index (κ3) is 8.62. The molecule has 0 radical (unpaired) electrons. The highest BCUT2D eigenvalue weighted by atomic mass is 19.4. The van der Waals surface area contributed by atoms with Crippen molar-refractivity contribution in [1.29, 1.82) is 0 Å². The van der Waals surface area contributed by atoms with E-state index in [0.29, 0.717) is 23.6 Å². The van der Waals surface area contributed by atoms with Crippen LogP contribution in [0.5, 0.6) is 0 Å². The summed E-state index contributed by atoms with van der Waals surface area (Å²) < 4.78 is 46.3. The van der Waals surface area contributed by atoms with E-state index < -0.39 is 35.3 Å². The number of urea groups is 1. The minimum absolute atomic E-state index is 0.0561. The Morgan fingerprint density at radius 3 is 2.42 bits per heavy atom. The number of nitrogens with zero attached hydrogens (tertiary/aromatic N) is 1. The highest BCUT2D eigenvalue weighted by Crippen LogP contribution is 2.36. The van der Waals surface area contributed by atoms with Crippen LogP contribution in [0.15, 0.2) is 89.5 Å². The molecule has 0 aliphatic carbocycles. The van der Waals surface area contributed by atoms with E-state index >= 15 is 0 Å². The van der Waals surface area contributed by atoms with E-state index in [2.05, 4.69) is 16.0 Å². The van der Waals surface area contributed by atoms with Gasteiger partial charge in [-0.15, -0.1) is 0 Å². The van der Waals surface area contributed by atoms with Crippen LogP contribution in [-0.4, -0.2) is 29.4 Å². The van der Waals surface area contributed by atoms with Crippen molar-refractivity contribution in [2.24, 2.45) is 5.73 Å². The summed E-state index contributed by atoms with van der Waals surface area (Å²) in [7, 11) is 0. The molecule has 4 aromatic rings. The van der Waals surface area contributed by atoms with E-state index in [9.17, 15) is 27.6 Å². The summed E-state index contributed by atoms with van der Waals surface area (Å²) in [4.78, 5) is 40.0. The average Bonchev–Trinajstić information content (AvgIpc) is 3.53. The fraction of sp³-hybridized carbons (Fsp3) is 0.306. The van der Waals surface area contributed by atoms with Crippen molar-refractivity contribution >= 4 is 23.5 Å². The molecule has 3 aromatic carbocycles. The van der Waals surface area contributed by atoms with Gasteiger partial charge in [0, 0.05) is 24.2 Å². The summed E-state index contributed by atoms with van der Waals surface area (Å²) in [6, 6.07) is 20.4. The summed E-state index contributed by atoms with van der Waals surface area (Å²) in [5.74, 6) is -0.0532. The van der Waals surface area contributed by atoms with Gasteiger partial charge in [-0.1, -0.05) is 48.5 Å². The summed E-state index contributed by atoms with van der Waals surface area (Å²) in [6.07, 6.45) is -2.61. The molecule has 9 nitrogen and oxygen atoms in total. The monoisotopic (exact) mass is 661 g/mol. The van der Waals surface area contributed by atoms with Crippen LogP contribution in [0, 0.1) is 0 Å². The number of aryl methyl sites for hydroxylation is 1. The summed E-state index contributed by atoms with van der Waals surface area (Å²) in [5.41, 5.74) is 7.92. The Bertz CT molecular complexity index is 1750.